The predicted octanol–water partition coefficient (Wildman–Crippen LogP) is 6.19. The predicted molar refractivity (Wildman–Crippen MR) is 124 cm³/mol. The molecule has 1 aliphatic heterocycles. The van der Waals surface area contributed by atoms with E-state index in [9.17, 15) is 4.79 Å². The Hall–Kier alpha value is -2.29. The third-order valence-electron chi connectivity index (χ3n) is 6.66. The Balaban J connectivity index is 1.82. The van der Waals surface area contributed by atoms with Gasteiger partial charge in [0.05, 0.1) is 12.3 Å². The fourth-order valence-corrected chi connectivity index (χ4v) is 4.99. The summed E-state index contributed by atoms with van der Waals surface area (Å²) in [5.74, 6) is 1.05. The smallest absolute Gasteiger partial charge is 0.168 e. The third kappa shape index (κ3) is 3.64. The highest BCUT2D eigenvalue weighted by molar-refractivity contribution is 6.01. The van der Waals surface area contributed by atoms with E-state index < -0.39 is 5.41 Å². The zero-order valence-corrected chi connectivity index (χ0v) is 19.3. The molecule has 0 N–H and O–H groups in total. The number of ether oxygens (including phenoxy) is 1. The Morgan fingerprint density at radius 1 is 1.03 bits per heavy atom. The number of hydrogen-bond acceptors (Lipinski definition) is 3. The minimum Gasteiger partial charge on any atom is -0.490 e. The zero-order chi connectivity index (χ0) is 21.7. The molecule has 0 fully saturated rings. The molecule has 1 heterocycles. The first-order valence-electron chi connectivity index (χ1n) is 11.2. The van der Waals surface area contributed by atoms with Gasteiger partial charge in [-0.25, -0.2) is 0 Å². The summed E-state index contributed by atoms with van der Waals surface area (Å²) in [6.45, 7) is 14.3. The van der Waals surface area contributed by atoms with Crippen LogP contribution in [0.25, 0.3) is 0 Å². The molecule has 0 aromatic heterocycles. The lowest BCUT2D eigenvalue weighted by atomic mass is 9.69. The van der Waals surface area contributed by atoms with Crippen LogP contribution >= 0.6 is 0 Å². The van der Waals surface area contributed by atoms with Crippen LogP contribution in [0.4, 0.5) is 5.69 Å². The summed E-state index contributed by atoms with van der Waals surface area (Å²) in [5, 5.41) is 0. The topological polar surface area (TPSA) is 29.5 Å². The van der Waals surface area contributed by atoms with Crippen LogP contribution in [-0.4, -0.2) is 24.5 Å². The molecule has 0 saturated heterocycles. The lowest BCUT2D eigenvalue weighted by Gasteiger charge is -2.45. The fourth-order valence-electron chi connectivity index (χ4n) is 4.99. The van der Waals surface area contributed by atoms with Crippen molar-refractivity contribution in [1.29, 1.82) is 0 Å². The van der Waals surface area contributed by atoms with E-state index in [1.165, 1.54) is 17.5 Å². The summed E-state index contributed by atoms with van der Waals surface area (Å²) in [4.78, 5) is 15.5. The number of anilines is 1. The van der Waals surface area contributed by atoms with Gasteiger partial charge in [0.15, 0.2) is 5.78 Å². The second kappa shape index (κ2) is 7.14. The van der Waals surface area contributed by atoms with Gasteiger partial charge in [0.2, 0.25) is 0 Å². The lowest BCUT2D eigenvalue weighted by molar-refractivity contribution is 0.0858. The standard InChI is InChI=1S/C27H35NO2/c1-25(2,3)24(29)20-13-14-23-22(16-20)28(26(4,5)6)17-27(18-30-23)15-9-11-19-10-7-8-12-21(19)27/h7-8,10,12-14,16H,9,11,15,17-18H2,1-6H3. The number of carbonyl (C=O) groups excluding carboxylic acids is 1. The van der Waals surface area contributed by atoms with Crippen LogP contribution in [0.15, 0.2) is 42.5 Å². The van der Waals surface area contributed by atoms with Crippen LogP contribution in [0.2, 0.25) is 0 Å². The van der Waals surface area contributed by atoms with Crippen molar-refractivity contribution in [2.45, 2.75) is 71.8 Å². The van der Waals surface area contributed by atoms with Gasteiger partial charge < -0.3 is 9.64 Å². The van der Waals surface area contributed by atoms with Crippen molar-refractivity contribution >= 4 is 11.5 Å². The van der Waals surface area contributed by atoms with Gasteiger partial charge in [0.25, 0.3) is 0 Å². The van der Waals surface area contributed by atoms with Crippen molar-refractivity contribution in [3.05, 3.63) is 59.2 Å². The average molecular weight is 406 g/mol. The summed E-state index contributed by atoms with van der Waals surface area (Å²) in [7, 11) is 0. The number of fused-ring (bicyclic) bond motifs is 3. The van der Waals surface area contributed by atoms with Crippen LogP contribution in [-0.2, 0) is 11.8 Å². The van der Waals surface area contributed by atoms with Gasteiger partial charge in [0.1, 0.15) is 5.75 Å². The van der Waals surface area contributed by atoms with Gasteiger partial charge in [-0.05, 0) is 69.4 Å². The first-order chi connectivity index (χ1) is 14.0. The zero-order valence-electron chi connectivity index (χ0n) is 19.3. The van der Waals surface area contributed by atoms with Gasteiger partial charge in [-0.3, -0.25) is 4.79 Å². The quantitative estimate of drug-likeness (QED) is 0.530. The average Bonchev–Trinajstić information content (AvgIpc) is 2.85. The molecular formula is C27H35NO2. The molecule has 2 aromatic carbocycles. The summed E-state index contributed by atoms with van der Waals surface area (Å²) < 4.78 is 6.49. The molecule has 3 heteroatoms. The first-order valence-corrected chi connectivity index (χ1v) is 11.2. The highest BCUT2D eigenvalue weighted by Gasteiger charge is 2.43. The summed E-state index contributed by atoms with van der Waals surface area (Å²) in [5.41, 5.74) is 4.16. The molecule has 1 atom stereocenters. The highest BCUT2D eigenvalue weighted by atomic mass is 16.5. The van der Waals surface area contributed by atoms with Crippen molar-refractivity contribution in [2.75, 3.05) is 18.1 Å². The third-order valence-corrected chi connectivity index (χ3v) is 6.66. The van der Waals surface area contributed by atoms with Crippen molar-refractivity contribution in [1.82, 2.24) is 0 Å². The monoisotopic (exact) mass is 405 g/mol. The minimum atomic E-state index is -0.407. The maximum atomic E-state index is 13.0. The van der Waals surface area contributed by atoms with E-state index >= 15 is 0 Å². The molecule has 0 saturated carbocycles. The molecule has 0 bridgehead atoms. The molecule has 0 radical (unpaired) electrons. The van der Waals surface area contributed by atoms with E-state index in [0.717, 1.165) is 36.4 Å². The van der Waals surface area contributed by atoms with E-state index in [1.54, 1.807) is 0 Å². The van der Waals surface area contributed by atoms with Crippen LogP contribution in [0.5, 0.6) is 5.75 Å². The van der Waals surface area contributed by atoms with Crippen molar-refractivity contribution in [3.8, 4) is 5.75 Å². The lowest BCUT2D eigenvalue weighted by Crippen LogP contribution is -2.51. The summed E-state index contributed by atoms with van der Waals surface area (Å²) >= 11 is 0. The molecule has 4 rings (SSSR count). The molecule has 2 aromatic rings. The Bertz CT molecular complexity index is 964. The van der Waals surface area contributed by atoms with Gasteiger partial charge in [-0.1, -0.05) is 45.0 Å². The van der Waals surface area contributed by atoms with E-state index in [0.29, 0.717) is 6.61 Å². The second-order valence-corrected chi connectivity index (χ2v) is 11.1. The van der Waals surface area contributed by atoms with Crippen LogP contribution in [0, 0.1) is 5.41 Å². The van der Waals surface area contributed by atoms with Crippen molar-refractivity contribution in [3.63, 3.8) is 0 Å². The molecule has 1 spiro atoms. The summed E-state index contributed by atoms with van der Waals surface area (Å²) in [6.07, 6.45) is 3.45. The number of Topliss-reactive ketones (excluding diaryl/α,β-unsaturated/α-hetero) is 1. The highest BCUT2D eigenvalue weighted by Crippen LogP contribution is 2.46. The van der Waals surface area contributed by atoms with Gasteiger partial charge in [0, 0.05) is 28.5 Å². The number of nitrogens with zero attached hydrogens (tertiary/aromatic N) is 1. The Labute approximate surface area is 181 Å². The number of aryl methyl sites for hydroxylation is 1. The van der Waals surface area contributed by atoms with Crippen molar-refractivity contribution in [2.24, 2.45) is 5.41 Å². The molecule has 1 unspecified atom stereocenters. The molecule has 1 aliphatic carbocycles. The molecule has 2 aliphatic rings. The molecule has 3 nitrogen and oxygen atoms in total. The number of ketones is 1. The number of benzene rings is 2. The Kier molecular flexibility index (Phi) is 4.99. The van der Waals surface area contributed by atoms with E-state index in [2.05, 4.69) is 56.0 Å². The molecule has 0 amide bonds. The normalized spacial score (nSPS) is 21.5. The molecule has 160 valence electrons. The Morgan fingerprint density at radius 2 is 1.77 bits per heavy atom. The molecular weight excluding hydrogens is 370 g/mol. The van der Waals surface area contributed by atoms with Crippen LogP contribution in [0.1, 0.15) is 75.9 Å². The largest absolute Gasteiger partial charge is 0.490 e. The number of carbonyl (C=O) groups is 1. The second-order valence-electron chi connectivity index (χ2n) is 11.1. The molecule has 30 heavy (non-hydrogen) atoms. The summed E-state index contributed by atoms with van der Waals surface area (Å²) in [6, 6.07) is 14.9. The van der Waals surface area contributed by atoms with E-state index in [1.807, 2.05) is 32.9 Å². The van der Waals surface area contributed by atoms with E-state index in [4.69, 9.17) is 4.74 Å². The Morgan fingerprint density at radius 3 is 2.47 bits per heavy atom. The minimum absolute atomic E-state index is 0.0324. The van der Waals surface area contributed by atoms with Gasteiger partial charge in [-0.15, -0.1) is 0 Å². The van der Waals surface area contributed by atoms with Crippen molar-refractivity contribution < 1.29 is 9.53 Å². The van der Waals surface area contributed by atoms with Gasteiger partial charge >= 0.3 is 0 Å². The number of rotatable bonds is 1. The van der Waals surface area contributed by atoms with E-state index in [-0.39, 0.29) is 16.7 Å². The maximum Gasteiger partial charge on any atom is 0.168 e. The van der Waals surface area contributed by atoms with Gasteiger partial charge in [-0.2, -0.15) is 0 Å². The maximum absolute atomic E-state index is 13.0. The fraction of sp³-hybridized carbons (Fsp3) is 0.519. The SMILES string of the molecule is CC(C)(C)C(=O)c1ccc2c(c1)N(C(C)(C)C)CC1(CCCc3ccccc31)CO2. The number of hydrogen-bond donors (Lipinski definition) is 0. The van der Waals surface area contributed by atoms with Crippen LogP contribution < -0.4 is 9.64 Å². The first kappa shape index (κ1) is 21.0. The van der Waals surface area contributed by atoms with Crippen LogP contribution in [0.3, 0.4) is 0 Å².